The highest BCUT2D eigenvalue weighted by Crippen LogP contribution is 2.19. The number of rotatable bonds is 5. The first-order valence-electron chi connectivity index (χ1n) is 6.37. The van der Waals surface area contributed by atoms with Crippen molar-refractivity contribution in [1.29, 1.82) is 0 Å². The standard InChI is InChI=1S/C16H15NO4/c1-10-2-4-11(5-3-10)8-13-12(6-7-17-13)14(18)9-15(19)16(20)21/h2-7,9,17-18H,8H2,1H3,(H,20,21). The number of carboxylic acid groups (broad SMARTS) is 1. The van der Waals surface area contributed by atoms with Crippen LogP contribution in [0.4, 0.5) is 0 Å². The molecule has 0 atom stereocenters. The van der Waals surface area contributed by atoms with Crippen LogP contribution >= 0.6 is 0 Å². The van der Waals surface area contributed by atoms with Crippen molar-refractivity contribution in [3.63, 3.8) is 0 Å². The fraction of sp³-hybridized carbons (Fsp3) is 0.125. The van der Waals surface area contributed by atoms with Crippen LogP contribution in [-0.2, 0) is 16.0 Å². The second-order valence-electron chi connectivity index (χ2n) is 4.73. The van der Waals surface area contributed by atoms with Gasteiger partial charge in [0.2, 0.25) is 0 Å². The van der Waals surface area contributed by atoms with Crippen LogP contribution in [0, 0.1) is 6.92 Å². The molecule has 0 aliphatic carbocycles. The fourth-order valence-electron chi connectivity index (χ4n) is 1.96. The van der Waals surface area contributed by atoms with Gasteiger partial charge in [0.25, 0.3) is 5.78 Å². The van der Waals surface area contributed by atoms with Crippen molar-refractivity contribution in [2.45, 2.75) is 13.3 Å². The Morgan fingerprint density at radius 1 is 1.14 bits per heavy atom. The van der Waals surface area contributed by atoms with E-state index in [4.69, 9.17) is 5.11 Å². The minimum Gasteiger partial charge on any atom is -0.507 e. The number of aryl methyl sites for hydroxylation is 1. The van der Waals surface area contributed by atoms with Gasteiger partial charge in [-0.1, -0.05) is 29.8 Å². The third-order valence-electron chi connectivity index (χ3n) is 3.09. The number of benzene rings is 1. The van der Waals surface area contributed by atoms with Gasteiger partial charge in [-0.15, -0.1) is 0 Å². The second kappa shape index (κ2) is 6.09. The zero-order valence-electron chi connectivity index (χ0n) is 11.5. The van der Waals surface area contributed by atoms with Gasteiger partial charge in [-0.3, -0.25) is 4.79 Å². The number of aliphatic carboxylic acids is 1. The third-order valence-corrected chi connectivity index (χ3v) is 3.09. The van der Waals surface area contributed by atoms with Crippen molar-refractivity contribution in [1.82, 2.24) is 4.98 Å². The highest BCUT2D eigenvalue weighted by Gasteiger charge is 2.14. The highest BCUT2D eigenvalue weighted by molar-refractivity contribution is 6.38. The van der Waals surface area contributed by atoms with Crippen LogP contribution < -0.4 is 0 Å². The van der Waals surface area contributed by atoms with E-state index >= 15 is 0 Å². The molecule has 1 heterocycles. The average Bonchev–Trinajstić information content (AvgIpc) is 2.89. The maximum atomic E-state index is 11.1. The van der Waals surface area contributed by atoms with Crippen molar-refractivity contribution in [2.24, 2.45) is 0 Å². The molecular formula is C16H15NO4. The predicted octanol–water partition coefficient (Wildman–Crippen LogP) is 2.47. The average molecular weight is 285 g/mol. The molecule has 0 radical (unpaired) electrons. The fourth-order valence-corrected chi connectivity index (χ4v) is 1.96. The number of ketones is 1. The first kappa shape index (κ1) is 14.6. The molecule has 0 saturated heterocycles. The summed E-state index contributed by atoms with van der Waals surface area (Å²) in [6.45, 7) is 2.00. The van der Waals surface area contributed by atoms with E-state index in [0.29, 0.717) is 23.8 Å². The Labute approximate surface area is 121 Å². The molecule has 1 aromatic heterocycles. The summed E-state index contributed by atoms with van der Waals surface area (Å²) in [5.74, 6) is -3.11. The van der Waals surface area contributed by atoms with Gasteiger partial charge in [0, 0.05) is 30.0 Å². The third kappa shape index (κ3) is 3.60. The minimum atomic E-state index is -1.60. The topological polar surface area (TPSA) is 90.4 Å². The summed E-state index contributed by atoms with van der Waals surface area (Å²) in [4.78, 5) is 24.6. The number of aliphatic hydroxyl groups excluding tert-OH is 1. The van der Waals surface area contributed by atoms with Crippen molar-refractivity contribution >= 4 is 17.5 Å². The number of hydrogen-bond acceptors (Lipinski definition) is 3. The van der Waals surface area contributed by atoms with Crippen LogP contribution in [0.3, 0.4) is 0 Å². The Morgan fingerprint density at radius 3 is 2.43 bits per heavy atom. The van der Waals surface area contributed by atoms with Gasteiger partial charge in [-0.25, -0.2) is 4.79 Å². The number of aromatic nitrogens is 1. The Hall–Kier alpha value is -2.82. The van der Waals surface area contributed by atoms with E-state index < -0.39 is 11.8 Å². The zero-order chi connectivity index (χ0) is 15.4. The summed E-state index contributed by atoms with van der Waals surface area (Å²) < 4.78 is 0. The van der Waals surface area contributed by atoms with Gasteiger partial charge in [-0.05, 0) is 18.6 Å². The molecule has 21 heavy (non-hydrogen) atoms. The molecule has 0 saturated carbocycles. The molecule has 5 heteroatoms. The van der Waals surface area contributed by atoms with Crippen LogP contribution in [0.1, 0.15) is 22.4 Å². The van der Waals surface area contributed by atoms with Crippen LogP contribution in [0.25, 0.3) is 5.76 Å². The van der Waals surface area contributed by atoms with E-state index in [1.54, 1.807) is 12.3 Å². The van der Waals surface area contributed by atoms with Gasteiger partial charge < -0.3 is 15.2 Å². The molecule has 108 valence electrons. The number of carbonyl (C=O) groups is 2. The molecule has 0 fully saturated rings. The van der Waals surface area contributed by atoms with E-state index in [0.717, 1.165) is 11.1 Å². The van der Waals surface area contributed by atoms with E-state index in [-0.39, 0.29) is 5.76 Å². The summed E-state index contributed by atoms with van der Waals surface area (Å²) in [5, 5.41) is 18.4. The molecule has 0 amide bonds. The minimum absolute atomic E-state index is 0.356. The maximum absolute atomic E-state index is 11.1. The van der Waals surface area contributed by atoms with Crippen molar-refractivity contribution < 1.29 is 19.8 Å². The Kier molecular flexibility index (Phi) is 4.23. The monoisotopic (exact) mass is 285 g/mol. The normalized spacial score (nSPS) is 11.4. The number of carbonyl (C=O) groups excluding carboxylic acids is 1. The molecule has 2 aromatic rings. The number of aromatic amines is 1. The van der Waals surface area contributed by atoms with Crippen LogP contribution in [0.5, 0.6) is 0 Å². The lowest BCUT2D eigenvalue weighted by atomic mass is 10.0. The molecule has 1 aromatic carbocycles. The summed E-state index contributed by atoms with van der Waals surface area (Å²) in [7, 11) is 0. The largest absolute Gasteiger partial charge is 0.507 e. The highest BCUT2D eigenvalue weighted by atomic mass is 16.4. The molecule has 2 rings (SSSR count). The number of aliphatic hydroxyl groups is 1. The molecule has 0 aliphatic heterocycles. The van der Waals surface area contributed by atoms with Crippen molar-refractivity contribution in [3.8, 4) is 0 Å². The molecule has 3 N–H and O–H groups in total. The maximum Gasteiger partial charge on any atom is 0.376 e. The predicted molar refractivity (Wildman–Crippen MR) is 78.0 cm³/mol. The first-order valence-corrected chi connectivity index (χ1v) is 6.37. The second-order valence-corrected chi connectivity index (χ2v) is 4.73. The van der Waals surface area contributed by atoms with Gasteiger partial charge in [-0.2, -0.15) is 0 Å². The van der Waals surface area contributed by atoms with E-state index in [1.807, 2.05) is 31.2 Å². The Morgan fingerprint density at radius 2 is 1.81 bits per heavy atom. The lowest BCUT2D eigenvalue weighted by Gasteiger charge is -2.04. The van der Waals surface area contributed by atoms with Crippen LogP contribution in [0.15, 0.2) is 42.6 Å². The van der Waals surface area contributed by atoms with E-state index in [2.05, 4.69) is 4.98 Å². The Balaban J connectivity index is 2.24. The molecule has 0 bridgehead atoms. The number of H-pyrrole nitrogens is 1. The quantitative estimate of drug-likeness (QED) is 0.447. The smallest absolute Gasteiger partial charge is 0.376 e. The number of nitrogens with one attached hydrogen (secondary N) is 1. The van der Waals surface area contributed by atoms with Crippen molar-refractivity contribution in [2.75, 3.05) is 0 Å². The summed E-state index contributed by atoms with van der Waals surface area (Å²) in [6.07, 6.45) is 2.89. The van der Waals surface area contributed by atoms with Crippen molar-refractivity contribution in [3.05, 3.63) is 65.0 Å². The molecule has 0 spiro atoms. The zero-order valence-corrected chi connectivity index (χ0v) is 11.5. The van der Waals surface area contributed by atoms with Gasteiger partial charge >= 0.3 is 5.97 Å². The summed E-state index contributed by atoms with van der Waals surface area (Å²) in [6, 6.07) is 9.53. The molecular weight excluding hydrogens is 270 g/mol. The first-order chi connectivity index (χ1) is 9.97. The van der Waals surface area contributed by atoms with Gasteiger partial charge in [0.1, 0.15) is 5.76 Å². The molecule has 0 unspecified atom stereocenters. The van der Waals surface area contributed by atoms with Gasteiger partial charge in [0.05, 0.1) is 0 Å². The number of carboxylic acids is 1. The van der Waals surface area contributed by atoms with E-state index in [1.165, 1.54) is 0 Å². The SMILES string of the molecule is Cc1ccc(Cc2[nH]ccc2C(O)=CC(=O)C(=O)O)cc1. The van der Waals surface area contributed by atoms with Gasteiger partial charge in [0.15, 0.2) is 0 Å². The van der Waals surface area contributed by atoms with E-state index in [9.17, 15) is 14.7 Å². The number of hydrogen-bond donors (Lipinski definition) is 3. The molecule has 0 aliphatic rings. The molecule has 5 nitrogen and oxygen atoms in total. The lowest BCUT2D eigenvalue weighted by molar-refractivity contribution is -0.146. The lowest BCUT2D eigenvalue weighted by Crippen LogP contribution is -2.09. The van der Waals surface area contributed by atoms with Crippen LogP contribution in [0.2, 0.25) is 0 Å². The Bertz CT molecular complexity index is 695. The summed E-state index contributed by atoms with van der Waals surface area (Å²) in [5.41, 5.74) is 3.33. The van der Waals surface area contributed by atoms with Crippen LogP contribution in [-0.4, -0.2) is 26.9 Å². The summed E-state index contributed by atoms with van der Waals surface area (Å²) >= 11 is 0.